The number of benzene rings is 3. The van der Waals surface area contributed by atoms with E-state index in [9.17, 15) is 4.79 Å². The second kappa shape index (κ2) is 9.16. The van der Waals surface area contributed by atoms with Crippen LogP contribution >= 0.6 is 0 Å². The van der Waals surface area contributed by atoms with E-state index in [0.29, 0.717) is 6.42 Å². The van der Waals surface area contributed by atoms with E-state index in [1.54, 1.807) is 7.11 Å². The largest absolute Gasteiger partial charge is 0.379 e. The molecule has 2 aliphatic heterocycles. The van der Waals surface area contributed by atoms with Crippen molar-refractivity contribution >= 4 is 34.1 Å². The maximum absolute atomic E-state index is 13.2. The molecule has 198 valence electrons. The van der Waals surface area contributed by atoms with Crippen LogP contribution < -0.4 is 5.32 Å². The fourth-order valence-electron chi connectivity index (χ4n) is 6.56. The SMILES string of the molecule is COC1(c2ccc3c(C(C)=Cc4ccc(CN5CCOCC5)cc4)n[nH]c3c2)CC12C(=O)Nc1ccccc12. The van der Waals surface area contributed by atoms with Crippen LogP contribution in [0.4, 0.5) is 5.69 Å². The van der Waals surface area contributed by atoms with Crippen LogP contribution in [0.1, 0.15) is 41.3 Å². The van der Waals surface area contributed by atoms with E-state index in [1.807, 2.05) is 24.3 Å². The standard InChI is InChI=1S/C32H32N4O3/c1-21(17-22-7-9-23(10-8-22)19-36-13-15-39-16-14-36)29-25-12-11-24(18-28(25)34-35-29)32(38-2)20-31(32)26-5-3-4-6-27(26)33-30(31)37/h3-12,17-18H,13-16,19-20H2,1-2H3,(H,33,37)(H,34,35). The second-order valence-corrected chi connectivity index (χ2v) is 10.9. The molecule has 7 heteroatoms. The zero-order valence-corrected chi connectivity index (χ0v) is 22.3. The minimum Gasteiger partial charge on any atom is -0.379 e. The lowest BCUT2D eigenvalue weighted by atomic mass is 9.89. The highest BCUT2D eigenvalue weighted by atomic mass is 16.5. The molecular weight excluding hydrogens is 488 g/mol. The van der Waals surface area contributed by atoms with Gasteiger partial charge in [-0.2, -0.15) is 5.10 Å². The maximum Gasteiger partial charge on any atom is 0.238 e. The van der Waals surface area contributed by atoms with Crippen LogP contribution in [0, 0.1) is 0 Å². The Morgan fingerprint density at radius 2 is 1.90 bits per heavy atom. The highest BCUT2D eigenvalue weighted by Crippen LogP contribution is 2.69. The van der Waals surface area contributed by atoms with Crippen molar-refractivity contribution in [1.82, 2.24) is 15.1 Å². The molecule has 0 radical (unpaired) electrons. The van der Waals surface area contributed by atoms with Crippen molar-refractivity contribution in [2.24, 2.45) is 0 Å². The molecule has 2 atom stereocenters. The summed E-state index contributed by atoms with van der Waals surface area (Å²) in [6.45, 7) is 6.66. The lowest BCUT2D eigenvalue weighted by Gasteiger charge is -2.26. The zero-order chi connectivity index (χ0) is 26.6. The molecule has 39 heavy (non-hydrogen) atoms. The van der Waals surface area contributed by atoms with Crippen molar-refractivity contribution in [3.63, 3.8) is 0 Å². The first kappa shape index (κ1) is 24.3. The number of nitrogens with zero attached hydrogens (tertiary/aromatic N) is 2. The van der Waals surface area contributed by atoms with Crippen molar-refractivity contribution < 1.29 is 14.3 Å². The molecule has 7 rings (SSSR count). The summed E-state index contributed by atoms with van der Waals surface area (Å²) in [5.74, 6) is 0.00527. The number of carbonyl (C=O) groups excluding carboxylic acids is 1. The molecule has 1 aromatic heterocycles. The zero-order valence-electron chi connectivity index (χ0n) is 22.3. The summed E-state index contributed by atoms with van der Waals surface area (Å²) in [5.41, 5.74) is 6.88. The van der Waals surface area contributed by atoms with Crippen LogP contribution in [-0.4, -0.2) is 54.4 Å². The van der Waals surface area contributed by atoms with Gasteiger partial charge in [0.1, 0.15) is 11.0 Å². The number of para-hydroxylation sites is 1. The first-order valence-corrected chi connectivity index (χ1v) is 13.6. The van der Waals surface area contributed by atoms with Crippen LogP contribution in [0.2, 0.25) is 0 Å². The summed E-state index contributed by atoms with van der Waals surface area (Å²) >= 11 is 0. The molecule has 7 nitrogen and oxygen atoms in total. The van der Waals surface area contributed by atoms with Gasteiger partial charge in [0.05, 0.1) is 24.4 Å². The molecule has 3 aliphatic rings. The Labute approximate surface area is 227 Å². The molecule has 0 bridgehead atoms. The van der Waals surface area contributed by atoms with Gasteiger partial charge >= 0.3 is 0 Å². The van der Waals surface area contributed by atoms with Crippen molar-refractivity contribution in [2.75, 3.05) is 38.7 Å². The molecule has 1 amide bonds. The first-order valence-electron chi connectivity index (χ1n) is 13.6. The average Bonchev–Trinajstić information content (AvgIpc) is 3.35. The van der Waals surface area contributed by atoms with Crippen LogP contribution in [0.3, 0.4) is 0 Å². The topological polar surface area (TPSA) is 79.5 Å². The Kier molecular flexibility index (Phi) is 5.70. The number of nitrogens with one attached hydrogen (secondary N) is 2. The number of aromatic nitrogens is 2. The Morgan fingerprint density at radius 3 is 2.69 bits per heavy atom. The lowest BCUT2D eigenvalue weighted by molar-refractivity contribution is -0.120. The quantitative estimate of drug-likeness (QED) is 0.370. The molecule has 1 aliphatic carbocycles. The first-order chi connectivity index (χ1) is 19.0. The predicted molar refractivity (Wildman–Crippen MR) is 152 cm³/mol. The third-order valence-electron chi connectivity index (χ3n) is 8.73. The van der Waals surface area contributed by atoms with E-state index in [4.69, 9.17) is 9.47 Å². The van der Waals surface area contributed by atoms with Gasteiger partial charge in [-0.15, -0.1) is 0 Å². The molecule has 4 aromatic rings. The van der Waals surface area contributed by atoms with Crippen molar-refractivity contribution in [1.29, 1.82) is 0 Å². The van der Waals surface area contributed by atoms with E-state index < -0.39 is 11.0 Å². The molecule has 1 saturated carbocycles. The van der Waals surface area contributed by atoms with Crippen molar-refractivity contribution in [2.45, 2.75) is 30.9 Å². The summed E-state index contributed by atoms with van der Waals surface area (Å²) in [5, 5.41) is 12.0. The van der Waals surface area contributed by atoms with Crippen LogP contribution in [0.25, 0.3) is 22.6 Å². The number of hydrogen-bond acceptors (Lipinski definition) is 5. The third-order valence-corrected chi connectivity index (χ3v) is 8.73. The molecule has 2 unspecified atom stereocenters. The van der Waals surface area contributed by atoms with Gasteiger partial charge in [-0.05, 0) is 53.0 Å². The van der Waals surface area contributed by atoms with Crippen molar-refractivity contribution in [3.05, 3.63) is 94.7 Å². The number of methoxy groups -OCH3 is 1. The van der Waals surface area contributed by atoms with Crippen LogP contribution in [0.15, 0.2) is 66.7 Å². The van der Waals surface area contributed by atoms with Gasteiger partial charge in [-0.25, -0.2) is 0 Å². The van der Waals surface area contributed by atoms with Gasteiger partial charge in [-0.1, -0.05) is 54.6 Å². The van der Waals surface area contributed by atoms with Gasteiger partial charge in [-0.3, -0.25) is 14.8 Å². The fourth-order valence-corrected chi connectivity index (χ4v) is 6.56. The monoisotopic (exact) mass is 520 g/mol. The average molecular weight is 521 g/mol. The van der Waals surface area contributed by atoms with Gasteiger partial charge in [0.2, 0.25) is 5.91 Å². The summed E-state index contributed by atoms with van der Waals surface area (Å²) < 4.78 is 11.6. The number of fused-ring (bicyclic) bond motifs is 3. The molecule has 2 N–H and O–H groups in total. The number of H-pyrrole nitrogens is 1. The number of hydrogen-bond donors (Lipinski definition) is 2. The smallest absolute Gasteiger partial charge is 0.238 e. The molecule has 3 aromatic carbocycles. The molecule has 2 fully saturated rings. The Morgan fingerprint density at radius 1 is 1.10 bits per heavy atom. The Hall–Kier alpha value is -3.78. The fraction of sp³-hybridized carbons (Fsp3) is 0.312. The summed E-state index contributed by atoms with van der Waals surface area (Å²) in [7, 11) is 1.70. The van der Waals surface area contributed by atoms with Crippen LogP contribution in [0.5, 0.6) is 0 Å². The molecular formula is C32H32N4O3. The number of ether oxygens (including phenoxy) is 2. The second-order valence-electron chi connectivity index (χ2n) is 10.9. The minimum absolute atomic E-state index is 0.00527. The Balaban J connectivity index is 1.15. The number of anilines is 1. The summed E-state index contributed by atoms with van der Waals surface area (Å²) in [6, 6.07) is 22.9. The van der Waals surface area contributed by atoms with Crippen LogP contribution in [-0.2, 0) is 31.8 Å². The number of allylic oxidation sites excluding steroid dienone is 1. The van der Waals surface area contributed by atoms with E-state index in [1.165, 1.54) is 5.56 Å². The normalized spacial score (nSPS) is 24.8. The van der Waals surface area contributed by atoms with Crippen molar-refractivity contribution in [3.8, 4) is 0 Å². The molecule has 1 saturated heterocycles. The number of aromatic amines is 1. The van der Waals surface area contributed by atoms with Gasteiger partial charge in [0.25, 0.3) is 0 Å². The van der Waals surface area contributed by atoms with E-state index >= 15 is 0 Å². The summed E-state index contributed by atoms with van der Waals surface area (Å²) in [6.07, 6.45) is 2.79. The molecule has 3 heterocycles. The summed E-state index contributed by atoms with van der Waals surface area (Å²) in [4.78, 5) is 15.6. The highest BCUT2D eigenvalue weighted by molar-refractivity contribution is 6.10. The predicted octanol–water partition coefficient (Wildman–Crippen LogP) is 5.09. The molecule has 1 spiro atoms. The van der Waals surface area contributed by atoms with Gasteiger partial charge in [0.15, 0.2) is 0 Å². The van der Waals surface area contributed by atoms with E-state index in [0.717, 1.165) is 77.4 Å². The van der Waals surface area contributed by atoms with E-state index in [2.05, 4.69) is 75.9 Å². The van der Waals surface area contributed by atoms with Gasteiger partial charge < -0.3 is 14.8 Å². The number of rotatable bonds is 6. The number of carbonyl (C=O) groups is 1. The number of amides is 1. The van der Waals surface area contributed by atoms with E-state index in [-0.39, 0.29) is 5.91 Å². The minimum atomic E-state index is -0.697. The Bertz CT molecular complexity index is 1600. The highest BCUT2D eigenvalue weighted by Gasteiger charge is 2.77. The maximum atomic E-state index is 13.2. The third kappa shape index (κ3) is 3.76. The van der Waals surface area contributed by atoms with Gasteiger partial charge in [0, 0.05) is 44.2 Å². The number of morpholine rings is 1. The lowest BCUT2D eigenvalue weighted by Crippen LogP contribution is -2.35.